The lowest BCUT2D eigenvalue weighted by atomic mass is 10.0. The Hall–Kier alpha value is -5.16. The lowest BCUT2D eigenvalue weighted by molar-refractivity contribution is 0.301. The molecule has 202 valence electrons. The molecule has 0 aliphatic heterocycles. The van der Waals surface area contributed by atoms with Crippen molar-refractivity contribution in [1.82, 2.24) is 14.5 Å². The van der Waals surface area contributed by atoms with E-state index in [1.165, 1.54) is 11.1 Å². The average Bonchev–Trinajstić information content (AvgIpc) is 3.68. The summed E-state index contributed by atoms with van der Waals surface area (Å²) < 4.78 is 13.8. The highest BCUT2D eigenvalue weighted by atomic mass is 16.5. The van der Waals surface area contributed by atoms with Gasteiger partial charge < -0.3 is 13.7 Å². The third-order valence-electron chi connectivity index (χ3n) is 6.89. The fourth-order valence-corrected chi connectivity index (χ4v) is 4.82. The first-order valence-electron chi connectivity index (χ1n) is 13.9. The minimum atomic E-state index is 0.356. The van der Waals surface area contributed by atoms with Crippen LogP contribution < -0.4 is 4.74 Å². The normalized spacial score (nSPS) is 11.2. The molecule has 6 rings (SSSR count). The second-order valence-electron chi connectivity index (χ2n) is 9.82. The van der Waals surface area contributed by atoms with Crippen molar-refractivity contribution < 1.29 is 9.15 Å². The highest BCUT2D eigenvalue weighted by molar-refractivity contribution is 5.78. The number of hydrogen-bond acceptors (Lipinski definition) is 4. The summed E-state index contributed by atoms with van der Waals surface area (Å²) in [5, 5.41) is 0. The molecule has 0 unspecified atom stereocenters. The van der Waals surface area contributed by atoms with Gasteiger partial charge in [-0.3, -0.25) is 0 Å². The molecule has 0 amide bonds. The van der Waals surface area contributed by atoms with Gasteiger partial charge in [0.1, 0.15) is 24.3 Å². The summed E-state index contributed by atoms with van der Waals surface area (Å²) in [5.74, 6) is 1.37. The molecule has 0 radical (unpaired) electrons. The van der Waals surface area contributed by atoms with Gasteiger partial charge in [0.05, 0.1) is 17.7 Å². The lowest BCUT2D eigenvalue weighted by Gasteiger charge is -2.11. The second kappa shape index (κ2) is 12.8. The molecule has 0 spiro atoms. The zero-order valence-electron chi connectivity index (χ0n) is 22.8. The van der Waals surface area contributed by atoms with E-state index in [0.29, 0.717) is 12.5 Å². The number of aromatic nitrogens is 3. The van der Waals surface area contributed by atoms with Crippen molar-refractivity contribution in [3.63, 3.8) is 0 Å². The maximum atomic E-state index is 5.95. The molecule has 4 aromatic carbocycles. The van der Waals surface area contributed by atoms with Gasteiger partial charge in [-0.1, -0.05) is 103 Å². The van der Waals surface area contributed by atoms with Gasteiger partial charge >= 0.3 is 0 Å². The maximum Gasteiger partial charge on any atom is 0.218 e. The van der Waals surface area contributed by atoms with Gasteiger partial charge in [-0.2, -0.15) is 0 Å². The molecule has 0 saturated carbocycles. The van der Waals surface area contributed by atoms with Gasteiger partial charge in [0, 0.05) is 23.7 Å². The fraction of sp³-hybridized carbons (Fsp3) is 0.111. The summed E-state index contributed by atoms with van der Waals surface area (Å²) in [6.07, 6.45) is 9.42. The van der Waals surface area contributed by atoms with Crippen molar-refractivity contribution in [3.05, 3.63) is 151 Å². The quantitative estimate of drug-likeness (QED) is 0.166. The van der Waals surface area contributed by atoms with Crippen LogP contribution in [-0.2, 0) is 19.6 Å². The largest absolute Gasteiger partial charge is 0.487 e. The van der Waals surface area contributed by atoms with E-state index in [0.717, 1.165) is 53.3 Å². The summed E-state index contributed by atoms with van der Waals surface area (Å²) in [5.41, 5.74) is 7.62. The molecule has 0 aliphatic rings. The monoisotopic (exact) mass is 537 g/mol. The van der Waals surface area contributed by atoms with Crippen LogP contribution in [0.5, 0.6) is 5.75 Å². The molecule has 41 heavy (non-hydrogen) atoms. The number of ether oxygens (including phenoxy) is 1. The van der Waals surface area contributed by atoms with Crippen LogP contribution in [0, 0.1) is 0 Å². The van der Waals surface area contributed by atoms with Crippen LogP contribution in [-0.4, -0.2) is 14.5 Å². The van der Waals surface area contributed by atoms with Crippen LogP contribution in [0.1, 0.15) is 29.1 Å². The lowest BCUT2D eigenvalue weighted by Crippen LogP contribution is -2.01. The molecule has 0 saturated heterocycles. The molecule has 0 fully saturated rings. The van der Waals surface area contributed by atoms with Gasteiger partial charge in [0.25, 0.3) is 0 Å². The molecule has 2 aromatic heterocycles. The number of imidazole rings is 1. The van der Waals surface area contributed by atoms with Crippen molar-refractivity contribution >= 4 is 12.2 Å². The number of aryl methyl sites for hydroxylation is 2. The predicted molar refractivity (Wildman–Crippen MR) is 164 cm³/mol. The van der Waals surface area contributed by atoms with E-state index < -0.39 is 0 Å². The van der Waals surface area contributed by atoms with Crippen LogP contribution >= 0.6 is 0 Å². The summed E-state index contributed by atoms with van der Waals surface area (Å²) >= 11 is 0. The smallest absolute Gasteiger partial charge is 0.218 e. The maximum absolute atomic E-state index is 5.95. The minimum Gasteiger partial charge on any atom is -0.487 e. The van der Waals surface area contributed by atoms with Crippen molar-refractivity contribution in [3.8, 4) is 28.3 Å². The molecule has 0 atom stereocenters. The summed E-state index contributed by atoms with van der Waals surface area (Å²) in [7, 11) is 0. The van der Waals surface area contributed by atoms with E-state index in [4.69, 9.17) is 14.1 Å². The number of benzene rings is 4. The Balaban J connectivity index is 1.04. The summed E-state index contributed by atoms with van der Waals surface area (Å²) in [6.45, 7) is 1.24. The Morgan fingerprint density at radius 1 is 0.732 bits per heavy atom. The first kappa shape index (κ1) is 26.1. The van der Waals surface area contributed by atoms with Crippen molar-refractivity contribution in [2.24, 2.45) is 0 Å². The van der Waals surface area contributed by atoms with E-state index in [1.807, 2.05) is 73.1 Å². The first-order valence-corrected chi connectivity index (χ1v) is 13.9. The van der Waals surface area contributed by atoms with Gasteiger partial charge in [-0.15, -0.1) is 0 Å². The molecule has 5 heteroatoms. The Morgan fingerprint density at radius 3 is 2.15 bits per heavy atom. The second-order valence-corrected chi connectivity index (χ2v) is 9.82. The highest BCUT2D eigenvalue weighted by Crippen LogP contribution is 2.31. The first-order chi connectivity index (χ1) is 20.3. The zero-order chi connectivity index (χ0) is 27.7. The van der Waals surface area contributed by atoms with E-state index in [9.17, 15) is 0 Å². The van der Waals surface area contributed by atoms with Gasteiger partial charge in [-0.25, -0.2) is 9.97 Å². The number of oxazole rings is 1. The van der Waals surface area contributed by atoms with Crippen molar-refractivity contribution in [1.29, 1.82) is 0 Å². The van der Waals surface area contributed by atoms with E-state index in [2.05, 4.69) is 70.2 Å². The molecular formula is C36H31N3O2. The van der Waals surface area contributed by atoms with Crippen molar-refractivity contribution in [2.45, 2.75) is 26.0 Å². The van der Waals surface area contributed by atoms with Gasteiger partial charge in [0.15, 0.2) is 0 Å². The topological polar surface area (TPSA) is 53.1 Å². The number of nitrogens with zero attached hydrogens (tertiary/aromatic N) is 3. The SMILES string of the molecule is C(=Cc1nc(COc2ccc(CCCn3cnc(-c4ccccc4)c3-c3ccccc3)cc2)co1)c1ccccc1. The van der Waals surface area contributed by atoms with Crippen LogP contribution in [0.15, 0.2) is 132 Å². The molecule has 0 N–H and O–H groups in total. The predicted octanol–water partition coefficient (Wildman–Crippen LogP) is 8.59. The zero-order valence-corrected chi connectivity index (χ0v) is 22.8. The third-order valence-corrected chi connectivity index (χ3v) is 6.89. The summed E-state index contributed by atoms with van der Waals surface area (Å²) in [4.78, 5) is 9.29. The Kier molecular flexibility index (Phi) is 8.14. The molecule has 0 aliphatic carbocycles. The van der Waals surface area contributed by atoms with E-state index in [1.54, 1.807) is 6.26 Å². The molecule has 5 nitrogen and oxygen atoms in total. The molecule has 6 aromatic rings. The van der Waals surface area contributed by atoms with Gasteiger partial charge in [0.2, 0.25) is 5.89 Å². The van der Waals surface area contributed by atoms with E-state index >= 15 is 0 Å². The third kappa shape index (κ3) is 6.71. The standard InChI is InChI=1S/C36H31N3O2/c1-4-11-28(12-5-1)20-23-34-38-32(26-41-34)25-40-33-21-18-29(19-22-33)13-10-24-39-27-37-35(30-14-6-2-7-15-30)36(39)31-16-8-3-9-17-31/h1-9,11-12,14-23,26-27H,10,13,24-25H2. The fourth-order valence-electron chi connectivity index (χ4n) is 4.82. The van der Waals surface area contributed by atoms with Crippen LogP contribution in [0.4, 0.5) is 0 Å². The van der Waals surface area contributed by atoms with Crippen molar-refractivity contribution in [2.75, 3.05) is 0 Å². The molecular weight excluding hydrogens is 506 g/mol. The van der Waals surface area contributed by atoms with Crippen LogP contribution in [0.2, 0.25) is 0 Å². The Morgan fingerprint density at radius 2 is 1.41 bits per heavy atom. The number of rotatable bonds is 11. The van der Waals surface area contributed by atoms with Crippen LogP contribution in [0.3, 0.4) is 0 Å². The Bertz CT molecular complexity index is 1690. The number of hydrogen-bond donors (Lipinski definition) is 0. The van der Waals surface area contributed by atoms with E-state index in [-0.39, 0.29) is 0 Å². The average molecular weight is 538 g/mol. The molecule has 2 heterocycles. The van der Waals surface area contributed by atoms with Crippen LogP contribution in [0.25, 0.3) is 34.7 Å². The summed E-state index contributed by atoms with van der Waals surface area (Å²) in [6, 6.07) is 39.3. The molecule has 0 bridgehead atoms. The van der Waals surface area contributed by atoms with Gasteiger partial charge in [-0.05, 0) is 42.2 Å². The Labute approximate surface area is 240 Å². The highest BCUT2D eigenvalue weighted by Gasteiger charge is 2.14. The minimum absolute atomic E-state index is 0.356.